The van der Waals surface area contributed by atoms with E-state index in [-0.39, 0.29) is 11.5 Å². The van der Waals surface area contributed by atoms with Gasteiger partial charge in [0.05, 0.1) is 18.6 Å². The Morgan fingerprint density at radius 1 is 1.25 bits per heavy atom. The van der Waals surface area contributed by atoms with Crippen LogP contribution >= 0.6 is 0 Å². The number of benzene rings is 1. The van der Waals surface area contributed by atoms with E-state index in [0.29, 0.717) is 6.54 Å². The lowest BCUT2D eigenvalue weighted by Gasteiger charge is -2.11. The summed E-state index contributed by atoms with van der Waals surface area (Å²) in [6.45, 7) is 4.75. The predicted molar refractivity (Wildman–Crippen MR) is 77.4 cm³/mol. The van der Waals surface area contributed by atoms with Crippen LogP contribution < -0.4 is 5.62 Å². The molecule has 2 heterocycles. The van der Waals surface area contributed by atoms with Gasteiger partial charge in [0.1, 0.15) is 5.52 Å². The van der Waals surface area contributed by atoms with Gasteiger partial charge in [-0.2, -0.15) is 0 Å². The molecular formula is C15H17N5. The second-order valence-electron chi connectivity index (χ2n) is 5.15. The third kappa shape index (κ3) is 2.11. The van der Waals surface area contributed by atoms with Crippen molar-refractivity contribution in [3.05, 3.63) is 53.5 Å². The number of nitrogens with one attached hydrogen (secondary N) is 2. The van der Waals surface area contributed by atoms with Crippen LogP contribution in [-0.2, 0) is 6.54 Å². The number of hydrogen-bond acceptors (Lipinski definition) is 3. The van der Waals surface area contributed by atoms with Crippen molar-refractivity contribution in [2.24, 2.45) is 0 Å². The number of H-pyrrole nitrogens is 1. The molecule has 0 saturated carbocycles. The Labute approximate surface area is 116 Å². The number of aromatic nitrogens is 4. The largest absolute Gasteiger partial charge is 0.342 e. The van der Waals surface area contributed by atoms with Gasteiger partial charge in [-0.1, -0.05) is 44.2 Å². The van der Waals surface area contributed by atoms with Gasteiger partial charge >= 0.3 is 0 Å². The van der Waals surface area contributed by atoms with Gasteiger partial charge in [-0.15, -0.1) is 0 Å². The highest BCUT2D eigenvalue weighted by Crippen LogP contribution is 2.19. The molecule has 2 aromatic heterocycles. The Morgan fingerprint density at radius 3 is 2.70 bits per heavy atom. The normalized spacial score (nSPS) is 11.3. The Morgan fingerprint density at radius 2 is 2.00 bits per heavy atom. The molecule has 3 rings (SSSR count). The van der Waals surface area contributed by atoms with Gasteiger partial charge in [0.25, 0.3) is 0 Å². The van der Waals surface area contributed by atoms with Crippen molar-refractivity contribution >= 4 is 11.2 Å². The topological polar surface area (TPSA) is 70.3 Å². The Bertz CT molecular complexity index is 783. The van der Waals surface area contributed by atoms with Crippen molar-refractivity contribution in [3.8, 4) is 0 Å². The van der Waals surface area contributed by atoms with Gasteiger partial charge in [0.2, 0.25) is 5.62 Å². The van der Waals surface area contributed by atoms with Gasteiger partial charge < -0.3 is 4.98 Å². The molecule has 5 heteroatoms. The monoisotopic (exact) mass is 267 g/mol. The van der Waals surface area contributed by atoms with E-state index in [4.69, 9.17) is 5.41 Å². The molecule has 0 fully saturated rings. The fraction of sp³-hybridized carbons (Fsp3) is 0.267. The summed E-state index contributed by atoms with van der Waals surface area (Å²) >= 11 is 0. The molecular weight excluding hydrogens is 250 g/mol. The first-order valence-electron chi connectivity index (χ1n) is 6.69. The molecule has 3 aromatic rings. The van der Waals surface area contributed by atoms with Gasteiger partial charge in [-0.3, -0.25) is 9.98 Å². The van der Waals surface area contributed by atoms with E-state index >= 15 is 0 Å². The number of nitrogens with zero attached hydrogens (tertiary/aromatic N) is 3. The first kappa shape index (κ1) is 12.6. The summed E-state index contributed by atoms with van der Waals surface area (Å²) in [5.41, 5.74) is 3.99. The number of fused-ring (bicyclic) bond motifs is 1. The smallest absolute Gasteiger partial charge is 0.224 e. The van der Waals surface area contributed by atoms with Crippen LogP contribution in [0.15, 0.2) is 36.7 Å². The van der Waals surface area contributed by atoms with Crippen molar-refractivity contribution in [1.29, 1.82) is 5.41 Å². The van der Waals surface area contributed by atoms with Crippen molar-refractivity contribution in [2.45, 2.75) is 26.3 Å². The highest BCUT2D eigenvalue weighted by atomic mass is 15.1. The van der Waals surface area contributed by atoms with Crippen LogP contribution in [0.1, 0.15) is 31.0 Å². The molecule has 5 nitrogen and oxygen atoms in total. The van der Waals surface area contributed by atoms with E-state index in [1.54, 1.807) is 6.33 Å². The standard InChI is InChI=1S/C15H17N5/c1-10(2)12-13-14(18-9-17-13)20(15(16)19-12)8-11-6-4-3-5-7-11/h3-7,9-10,16H,8H2,1-2H3,(H,17,18). The first-order valence-corrected chi connectivity index (χ1v) is 6.69. The lowest BCUT2D eigenvalue weighted by Crippen LogP contribution is -2.26. The van der Waals surface area contributed by atoms with Crippen LogP contribution in [0.2, 0.25) is 0 Å². The molecule has 0 atom stereocenters. The zero-order chi connectivity index (χ0) is 14.1. The lowest BCUT2D eigenvalue weighted by molar-refractivity contribution is 0.693. The van der Waals surface area contributed by atoms with Crippen LogP contribution in [0.5, 0.6) is 0 Å². The summed E-state index contributed by atoms with van der Waals surface area (Å²) in [7, 11) is 0. The van der Waals surface area contributed by atoms with E-state index in [0.717, 1.165) is 22.4 Å². The molecule has 102 valence electrons. The molecule has 0 aliphatic rings. The fourth-order valence-corrected chi connectivity index (χ4v) is 2.34. The molecule has 0 unspecified atom stereocenters. The molecule has 0 bridgehead atoms. The number of rotatable bonds is 3. The van der Waals surface area contributed by atoms with Gasteiger partial charge in [-0.25, -0.2) is 9.97 Å². The Balaban J connectivity index is 2.17. The van der Waals surface area contributed by atoms with E-state index < -0.39 is 0 Å². The van der Waals surface area contributed by atoms with Crippen molar-refractivity contribution in [3.63, 3.8) is 0 Å². The number of hydrogen-bond donors (Lipinski definition) is 2. The van der Waals surface area contributed by atoms with Crippen molar-refractivity contribution in [1.82, 2.24) is 19.5 Å². The fourth-order valence-electron chi connectivity index (χ4n) is 2.34. The highest BCUT2D eigenvalue weighted by Gasteiger charge is 2.13. The molecule has 0 aliphatic carbocycles. The molecule has 0 saturated heterocycles. The summed E-state index contributed by atoms with van der Waals surface area (Å²) < 4.78 is 1.83. The van der Waals surface area contributed by atoms with Gasteiger partial charge in [0, 0.05) is 0 Å². The van der Waals surface area contributed by atoms with Crippen LogP contribution in [-0.4, -0.2) is 19.5 Å². The second-order valence-corrected chi connectivity index (χ2v) is 5.15. The lowest BCUT2D eigenvalue weighted by atomic mass is 10.1. The van der Waals surface area contributed by atoms with E-state index in [9.17, 15) is 0 Å². The minimum Gasteiger partial charge on any atom is -0.342 e. The molecule has 0 amide bonds. The molecule has 0 aliphatic heterocycles. The minimum absolute atomic E-state index is 0.247. The van der Waals surface area contributed by atoms with E-state index in [1.807, 2.05) is 34.9 Å². The molecule has 0 radical (unpaired) electrons. The van der Waals surface area contributed by atoms with Crippen LogP contribution in [0.3, 0.4) is 0 Å². The number of aromatic amines is 1. The van der Waals surface area contributed by atoms with Crippen molar-refractivity contribution in [2.75, 3.05) is 0 Å². The van der Waals surface area contributed by atoms with Gasteiger partial charge in [0.15, 0.2) is 5.65 Å². The van der Waals surface area contributed by atoms with Crippen LogP contribution in [0, 0.1) is 5.41 Å². The van der Waals surface area contributed by atoms with Crippen LogP contribution in [0.25, 0.3) is 11.2 Å². The first-order chi connectivity index (χ1) is 9.66. The Hall–Kier alpha value is -2.43. The zero-order valence-corrected chi connectivity index (χ0v) is 11.6. The predicted octanol–water partition coefficient (Wildman–Crippen LogP) is 2.41. The van der Waals surface area contributed by atoms with E-state index in [2.05, 4.69) is 28.8 Å². The second kappa shape index (κ2) is 4.92. The molecule has 1 aromatic carbocycles. The summed E-state index contributed by atoms with van der Waals surface area (Å²) in [5.74, 6) is 0.258. The maximum Gasteiger partial charge on any atom is 0.224 e. The maximum atomic E-state index is 8.17. The van der Waals surface area contributed by atoms with Crippen LogP contribution in [0.4, 0.5) is 0 Å². The quantitative estimate of drug-likeness (QED) is 0.765. The third-order valence-corrected chi connectivity index (χ3v) is 3.34. The van der Waals surface area contributed by atoms with Crippen molar-refractivity contribution < 1.29 is 0 Å². The zero-order valence-electron chi connectivity index (χ0n) is 11.6. The third-order valence-electron chi connectivity index (χ3n) is 3.34. The maximum absolute atomic E-state index is 8.17. The molecule has 20 heavy (non-hydrogen) atoms. The SMILES string of the molecule is CC(C)c1nc(=N)n(Cc2ccccc2)c2nc[nH]c12. The summed E-state index contributed by atoms with van der Waals surface area (Å²) in [5, 5.41) is 8.17. The Kier molecular flexibility index (Phi) is 3.10. The summed E-state index contributed by atoms with van der Waals surface area (Å²) in [6, 6.07) is 10.1. The summed E-state index contributed by atoms with van der Waals surface area (Å²) in [4.78, 5) is 11.9. The van der Waals surface area contributed by atoms with Gasteiger partial charge in [-0.05, 0) is 11.5 Å². The molecule has 2 N–H and O–H groups in total. The number of imidazole rings is 1. The highest BCUT2D eigenvalue weighted by molar-refractivity contribution is 5.73. The summed E-state index contributed by atoms with van der Waals surface area (Å²) in [6.07, 6.45) is 1.67. The average molecular weight is 267 g/mol. The molecule has 0 spiro atoms. The average Bonchev–Trinajstić information content (AvgIpc) is 2.91. The minimum atomic E-state index is 0.247. The van der Waals surface area contributed by atoms with E-state index in [1.165, 1.54) is 0 Å².